The highest BCUT2D eigenvalue weighted by Gasteiger charge is 2.42. The molecule has 0 aromatic heterocycles. The number of carbonyl (C=O) groups excluding carboxylic acids is 2. The quantitative estimate of drug-likeness (QED) is 0.509. The lowest BCUT2D eigenvalue weighted by atomic mass is 9.77. The van der Waals surface area contributed by atoms with Crippen molar-refractivity contribution >= 4 is 27.7 Å². The first-order valence-corrected chi connectivity index (χ1v) is 8.75. The summed E-state index contributed by atoms with van der Waals surface area (Å²) in [6, 6.07) is 17.9. The summed E-state index contributed by atoms with van der Waals surface area (Å²) in [5.74, 6) is -0.734. The maximum atomic E-state index is 12.6. The Bertz CT molecular complexity index is 781. The molecule has 0 aliphatic rings. The molecule has 0 heterocycles. The van der Waals surface area contributed by atoms with Crippen LogP contribution in [0.4, 0.5) is 0 Å². The second-order valence-electron chi connectivity index (χ2n) is 5.53. The van der Waals surface area contributed by atoms with E-state index in [2.05, 4.69) is 22.0 Å². The van der Waals surface area contributed by atoms with Crippen molar-refractivity contribution in [2.45, 2.75) is 25.2 Å². The number of Topliss-reactive ketones (excluding diaryl/α,β-unsaturated/α-hetero) is 1. The molecule has 128 valence electrons. The first kappa shape index (κ1) is 18.9. The normalized spacial score (nSPS) is 12.7. The van der Waals surface area contributed by atoms with Crippen LogP contribution in [0.5, 0.6) is 0 Å². The minimum Gasteiger partial charge on any atom is -0.465 e. The third-order valence-corrected chi connectivity index (χ3v) is 4.50. The molecular formula is C20H18BrNO3. The van der Waals surface area contributed by atoms with Crippen LogP contribution in [0.25, 0.3) is 0 Å². The molecule has 4 nitrogen and oxygen atoms in total. The van der Waals surface area contributed by atoms with E-state index in [0.717, 1.165) is 4.47 Å². The molecule has 0 fully saturated rings. The van der Waals surface area contributed by atoms with Crippen molar-refractivity contribution in [1.82, 2.24) is 0 Å². The predicted octanol–water partition coefficient (Wildman–Crippen LogP) is 4.44. The van der Waals surface area contributed by atoms with Gasteiger partial charge in [-0.1, -0.05) is 58.4 Å². The van der Waals surface area contributed by atoms with Crippen molar-refractivity contribution in [3.05, 3.63) is 70.2 Å². The second-order valence-corrected chi connectivity index (χ2v) is 6.45. The van der Waals surface area contributed by atoms with E-state index in [1.54, 1.807) is 55.5 Å². The molecule has 0 aliphatic carbocycles. The second kappa shape index (κ2) is 8.59. The van der Waals surface area contributed by atoms with Gasteiger partial charge >= 0.3 is 5.97 Å². The van der Waals surface area contributed by atoms with Gasteiger partial charge in [0.25, 0.3) is 0 Å². The van der Waals surface area contributed by atoms with Gasteiger partial charge in [0.15, 0.2) is 11.2 Å². The van der Waals surface area contributed by atoms with Crippen molar-refractivity contribution < 1.29 is 14.3 Å². The van der Waals surface area contributed by atoms with E-state index in [1.807, 2.05) is 6.07 Å². The van der Waals surface area contributed by atoms with Crippen LogP contribution in [-0.2, 0) is 14.9 Å². The highest BCUT2D eigenvalue weighted by Crippen LogP contribution is 2.32. The van der Waals surface area contributed by atoms with Crippen LogP contribution >= 0.6 is 15.9 Å². The molecule has 0 saturated heterocycles. The summed E-state index contributed by atoms with van der Waals surface area (Å²) in [5, 5.41) is 9.81. The van der Waals surface area contributed by atoms with Gasteiger partial charge in [-0.3, -0.25) is 4.79 Å². The molecule has 0 bridgehead atoms. The molecule has 0 amide bonds. The third kappa shape index (κ3) is 4.34. The maximum Gasteiger partial charge on any atom is 0.331 e. The maximum absolute atomic E-state index is 12.6. The van der Waals surface area contributed by atoms with Crippen LogP contribution in [0.2, 0.25) is 0 Å². The van der Waals surface area contributed by atoms with Gasteiger partial charge in [-0.05, 0) is 31.0 Å². The topological polar surface area (TPSA) is 67.2 Å². The molecule has 25 heavy (non-hydrogen) atoms. The highest BCUT2D eigenvalue weighted by atomic mass is 79.9. The van der Waals surface area contributed by atoms with Gasteiger partial charge in [0.05, 0.1) is 12.7 Å². The molecule has 0 saturated carbocycles. The van der Waals surface area contributed by atoms with E-state index >= 15 is 0 Å². The van der Waals surface area contributed by atoms with Gasteiger partial charge in [-0.2, -0.15) is 5.26 Å². The summed E-state index contributed by atoms with van der Waals surface area (Å²) in [6.07, 6.45) is 0.143. The van der Waals surface area contributed by atoms with Crippen LogP contribution < -0.4 is 0 Å². The van der Waals surface area contributed by atoms with Crippen molar-refractivity contribution in [3.8, 4) is 6.07 Å². The zero-order valence-electron chi connectivity index (χ0n) is 13.9. The number of halogens is 1. The van der Waals surface area contributed by atoms with Crippen LogP contribution in [0, 0.1) is 11.3 Å². The Morgan fingerprint density at radius 3 is 2.32 bits per heavy atom. The fourth-order valence-corrected chi connectivity index (χ4v) is 2.85. The summed E-state index contributed by atoms with van der Waals surface area (Å²) >= 11 is 3.34. The first-order chi connectivity index (χ1) is 12.0. The molecule has 2 aromatic carbocycles. The van der Waals surface area contributed by atoms with E-state index in [1.165, 1.54) is 0 Å². The van der Waals surface area contributed by atoms with E-state index in [0.29, 0.717) is 11.1 Å². The fraction of sp³-hybridized carbons (Fsp3) is 0.250. The van der Waals surface area contributed by atoms with Gasteiger partial charge in [-0.25, -0.2) is 4.79 Å². The van der Waals surface area contributed by atoms with Crippen molar-refractivity contribution in [2.24, 2.45) is 0 Å². The molecule has 0 unspecified atom stereocenters. The summed E-state index contributed by atoms with van der Waals surface area (Å²) < 4.78 is 5.98. The standard InChI is InChI=1S/C20H18BrNO3/c1-2-25-19(24)20(14-22,16-8-10-17(21)11-9-16)13-12-18(23)15-6-4-3-5-7-15/h3-11H,2,12-13H2,1H3/t20-/m1/s1. The number of rotatable bonds is 7. The molecule has 0 N–H and O–H groups in total. The lowest BCUT2D eigenvalue weighted by Gasteiger charge is -2.24. The number of benzene rings is 2. The minimum absolute atomic E-state index is 0.0672. The number of carbonyl (C=O) groups is 2. The summed E-state index contributed by atoms with van der Waals surface area (Å²) in [5.41, 5.74) is -0.409. The van der Waals surface area contributed by atoms with E-state index in [9.17, 15) is 14.9 Å². The number of ketones is 1. The molecule has 0 aliphatic heterocycles. The Labute approximate surface area is 155 Å². The van der Waals surface area contributed by atoms with Gasteiger partial charge in [0, 0.05) is 16.5 Å². The molecule has 2 aromatic rings. The van der Waals surface area contributed by atoms with Gasteiger partial charge in [-0.15, -0.1) is 0 Å². The Kier molecular flexibility index (Phi) is 6.49. The summed E-state index contributed by atoms with van der Waals surface area (Å²) in [4.78, 5) is 25.0. The average molecular weight is 400 g/mol. The number of nitrogens with zero attached hydrogens (tertiary/aromatic N) is 1. The molecule has 2 rings (SSSR count). The lowest BCUT2D eigenvalue weighted by Crippen LogP contribution is -2.37. The zero-order chi connectivity index (χ0) is 18.3. The Hall–Kier alpha value is -2.45. The molecule has 1 atom stereocenters. The fourth-order valence-electron chi connectivity index (χ4n) is 2.59. The summed E-state index contributed by atoms with van der Waals surface area (Å²) in [6.45, 7) is 1.86. The third-order valence-electron chi connectivity index (χ3n) is 3.97. The number of hydrogen-bond donors (Lipinski definition) is 0. The zero-order valence-corrected chi connectivity index (χ0v) is 15.5. The highest BCUT2D eigenvalue weighted by molar-refractivity contribution is 9.10. The smallest absolute Gasteiger partial charge is 0.331 e. The monoisotopic (exact) mass is 399 g/mol. The molecule has 0 spiro atoms. The number of hydrogen-bond acceptors (Lipinski definition) is 4. The van der Waals surface area contributed by atoms with Crippen LogP contribution in [0.1, 0.15) is 35.7 Å². The number of ether oxygens (including phenoxy) is 1. The average Bonchev–Trinajstić information content (AvgIpc) is 2.64. The summed E-state index contributed by atoms with van der Waals surface area (Å²) in [7, 11) is 0. The van der Waals surface area contributed by atoms with E-state index in [-0.39, 0.29) is 25.2 Å². The van der Waals surface area contributed by atoms with Gasteiger partial charge < -0.3 is 4.74 Å². The number of nitriles is 1. The minimum atomic E-state index is -1.50. The molecule has 5 heteroatoms. The van der Waals surface area contributed by atoms with Gasteiger partial charge in [0.1, 0.15) is 0 Å². The number of esters is 1. The van der Waals surface area contributed by atoms with E-state index < -0.39 is 11.4 Å². The Morgan fingerprint density at radius 2 is 1.76 bits per heavy atom. The Balaban J connectivity index is 2.31. The van der Waals surface area contributed by atoms with Crippen LogP contribution in [-0.4, -0.2) is 18.4 Å². The van der Waals surface area contributed by atoms with Gasteiger partial charge in [0.2, 0.25) is 0 Å². The van der Waals surface area contributed by atoms with Crippen molar-refractivity contribution in [2.75, 3.05) is 6.61 Å². The van der Waals surface area contributed by atoms with Crippen LogP contribution in [0.15, 0.2) is 59.1 Å². The predicted molar refractivity (Wildman–Crippen MR) is 98.1 cm³/mol. The Morgan fingerprint density at radius 1 is 1.12 bits per heavy atom. The largest absolute Gasteiger partial charge is 0.465 e. The van der Waals surface area contributed by atoms with Crippen molar-refractivity contribution in [1.29, 1.82) is 5.26 Å². The van der Waals surface area contributed by atoms with Crippen molar-refractivity contribution in [3.63, 3.8) is 0 Å². The van der Waals surface area contributed by atoms with Crippen LogP contribution in [0.3, 0.4) is 0 Å². The lowest BCUT2D eigenvalue weighted by molar-refractivity contribution is -0.148. The van der Waals surface area contributed by atoms with E-state index in [4.69, 9.17) is 4.74 Å². The first-order valence-electron chi connectivity index (χ1n) is 7.96. The SMILES string of the molecule is CCOC(=O)[C@@](C#N)(CCC(=O)c1ccccc1)c1ccc(Br)cc1. The molecular weight excluding hydrogens is 382 g/mol. The molecule has 0 radical (unpaired) electrons.